The standard InChI is InChI=1S/C25H26N2O2/c1-18(2)19-11-13-21(14-12-19)29-16-15-27-24-10-5-4-9-23(24)26-25(27)20-7-6-8-22(17-20)28-3/h4-14,17-18H,15-16H2,1-3H3. The fourth-order valence-electron chi connectivity index (χ4n) is 3.49. The first-order valence-corrected chi connectivity index (χ1v) is 9.98. The molecular formula is C25H26N2O2. The molecule has 0 radical (unpaired) electrons. The van der Waals surface area contributed by atoms with Crippen molar-refractivity contribution in [1.82, 2.24) is 9.55 Å². The van der Waals surface area contributed by atoms with Gasteiger partial charge >= 0.3 is 0 Å². The maximum atomic E-state index is 6.03. The van der Waals surface area contributed by atoms with Gasteiger partial charge < -0.3 is 14.0 Å². The zero-order valence-electron chi connectivity index (χ0n) is 17.1. The lowest BCUT2D eigenvalue weighted by molar-refractivity contribution is 0.300. The fraction of sp³-hybridized carbons (Fsp3) is 0.240. The Bertz CT molecular complexity index is 1100. The van der Waals surface area contributed by atoms with Crippen LogP contribution < -0.4 is 9.47 Å². The van der Waals surface area contributed by atoms with Gasteiger partial charge in [0.2, 0.25) is 0 Å². The van der Waals surface area contributed by atoms with E-state index in [1.54, 1.807) is 7.11 Å². The Hall–Kier alpha value is -3.27. The number of methoxy groups -OCH3 is 1. The highest BCUT2D eigenvalue weighted by Gasteiger charge is 2.13. The maximum absolute atomic E-state index is 6.03. The number of hydrogen-bond donors (Lipinski definition) is 0. The van der Waals surface area contributed by atoms with Crippen LogP contribution in [0.4, 0.5) is 0 Å². The third-order valence-corrected chi connectivity index (χ3v) is 5.11. The van der Waals surface area contributed by atoms with E-state index in [1.807, 2.05) is 48.5 Å². The molecule has 4 nitrogen and oxygen atoms in total. The summed E-state index contributed by atoms with van der Waals surface area (Å²) in [6.07, 6.45) is 0. The predicted octanol–water partition coefficient (Wildman–Crippen LogP) is 5.91. The van der Waals surface area contributed by atoms with Crippen molar-refractivity contribution in [2.24, 2.45) is 0 Å². The van der Waals surface area contributed by atoms with Crippen molar-refractivity contribution in [2.75, 3.05) is 13.7 Å². The number of imidazole rings is 1. The minimum absolute atomic E-state index is 0.520. The van der Waals surface area contributed by atoms with Crippen molar-refractivity contribution in [3.63, 3.8) is 0 Å². The first kappa shape index (κ1) is 19.1. The molecule has 3 aromatic carbocycles. The summed E-state index contributed by atoms with van der Waals surface area (Å²) in [7, 11) is 1.68. The Labute approximate surface area is 171 Å². The molecule has 4 rings (SSSR count). The van der Waals surface area contributed by atoms with E-state index in [0.29, 0.717) is 19.1 Å². The molecule has 0 aliphatic carbocycles. The minimum Gasteiger partial charge on any atom is -0.497 e. The van der Waals surface area contributed by atoms with Crippen molar-refractivity contribution in [2.45, 2.75) is 26.3 Å². The van der Waals surface area contributed by atoms with Gasteiger partial charge in [0.05, 0.1) is 24.7 Å². The number of para-hydroxylation sites is 2. The highest BCUT2D eigenvalue weighted by Crippen LogP contribution is 2.27. The van der Waals surface area contributed by atoms with Crippen LogP contribution in [-0.2, 0) is 6.54 Å². The van der Waals surface area contributed by atoms with Crippen LogP contribution in [0.15, 0.2) is 72.8 Å². The third-order valence-electron chi connectivity index (χ3n) is 5.11. The highest BCUT2D eigenvalue weighted by atomic mass is 16.5. The molecule has 1 heterocycles. The van der Waals surface area contributed by atoms with E-state index >= 15 is 0 Å². The summed E-state index contributed by atoms with van der Waals surface area (Å²) in [6.45, 7) is 5.66. The van der Waals surface area contributed by atoms with E-state index in [1.165, 1.54) is 5.56 Å². The van der Waals surface area contributed by atoms with Gasteiger partial charge in [-0.05, 0) is 47.9 Å². The topological polar surface area (TPSA) is 36.3 Å². The Morgan fingerprint density at radius 2 is 1.69 bits per heavy atom. The monoisotopic (exact) mass is 386 g/mol. The summed E-state index contributed by atoms with van der Waals surface area (Å²) in [4.78, 5) is 4.87. The van der Waals surface area contributed by atoms with E-state index in [9.17, 15) is 0 Å². The van der Waals surface area contributed by atoms with Crippen LogP contribution in [0.25, 0.3) is 22.4 Å². The second-order valence-electron chi connectivity index (χ2n) is 7.38. The molecule has 0 unspecified atom stereocenters. The van der Waals surface area contributed by atoms with E-state index in [0.717, 1.165) is 33.9 Å². The van der Waals surface area contributed by atoms with Crippen molar-refractivity contribution in [1.29, 1.82) is 0 Å². The Kier molecular flexibility index (Phi) is 5.52. The van der Waals surface area contributed by atoms with Crippen LogP contribution in [0.3, 0.4) is 0 Å². The van der Waals surface area contributed by atoms with Crippen LogP contribution in [0, 0.1) is 0 Å². The molecule has 1 aromatic heterocycles. The minimum atomic E-state index is 0.520. The number of aromatic nitrogens is 2. The molecular weight excluding hydrogens is 360 g/mol. The lowest BCUT2D eigenvalue weighted by atomic mass is 10.0. The average Bonchev–Trinajstić information content (AvgIpc) is 3.13. The molecule has 29 heavy (non-hydrogen) atoms. The highest BCUT2D eigenvalue weighted by molar-refractivity contribution is 5.80. The molecule has 0 aliphatic heterocycles. The van der Waals surface area contributed by atoms with Crippen molar-refractivity contribution >= 4 is 11.0 Å². The van der Waals surface area contributed by atoms with Crippen LogP contribution in [0.1, 0.15) is 25.3 Å². The van der Waals surface area contributed by atoms with Gasteiger partial charge in [-0.2, -0.15) is 0 Å². The van der Waals surface area contributed by atoms with Gasteiger partial charge in [-0.3, -0.25) is 0 Å². The number of fused-ring (bicyclic) bond motifs is 1. The molecule has 0 atom stereocenters. The van der Waals surface area contributed by atoms with Gasteiger partial charge in [-0.15, -0.1) is 0 Å². The zero-order valence-corrected chi connectivity index (χ0v) is 17.1. The second kappa shape index (κ2) is 8.39. The quantitative estimate of drug-likeness (QED) is 0.396. The lowest BCUT2D eigenvalue weighted by Gasteiger charge is -2.12. The molecule has 0 N–H and O–H groups in total. The van der Waals surface area contributed by atoms with Crippen molar-refractivity contribution < 1.29 is 9.47 Å². The third kappa shape index (κ3) is 4.11. The largest absolute Gasteiger partial charge is 0.497 e. The number of rotatable bonds is 7. The molecule has 0 aliphatic rings. The smallest absolute Gasteiger partial charge is 0.141 e. The molecule has 0 bridgehead atoms. The van der Waals surface area contributed by atoms with Crippen LogP contribution in [0.2, 0.25) is 0 Å². The molecule has 0 spiro atoms. The molecule has 4 aromatic rings. The zero-order chi connectivity index (χ0) is 20.2. The van der Waals surface area contributed by atoms with E-state index < -0.39 is 0 Å². The summed E-state index contributed by atoms with van der Waals surface area (Å²) in [5.74, 6) is 3.15. The molecule has 4 heteroatoms. The summed E-state index contributed by atoms with van der Waals surface area (Å²) in [5, 5.41) is 0. The molecule has 0 saturated heterocycles. The van der Waals surface area contributed by atoms with Crippen LogP contribution in [0.5, 0.6) is 11.5 Å². The molecule has 0 fully saturated rings. The number of benzene rings is 3. The maximum Gasteiger partial charge on any atom is 0.141 e. The van der Waals surface area contributed by atoms with E-state index in [4.69, 9.17) is 14.5 Å². The second-order valence-corrected chi connectivity index (χ2v) is 7.38. The normalized spacial score (nSPS) is 11.2. The predicted molar refractivity (Wildman–Crippen MR) is 118 cm³/mol. The first-order valence-electron chi connectivity index (χ1n) is 9.98. The lowest BCUT2D eigenvalue weighted by Crippen LogP contribution is -2.09. The first-order chi connectivity index (χ1) is 14.2. The number of nitrogens with zero attached hydrogens (tertiary/aromatic N) is 2. The van der Waals surface area contributed by atoms with Gasteiger partial charge in [0.25, 0.3) is 0 Å². The fourth-order valence-corrected chi connectivity index (χ4v) is 3.49. The number of ether oxygens (including phenoxy) is 2. The van der Waals surface area contributed by atoms with Gasteiger partial charge in [0, 0.05) is 5.56 Å². The summed E-state index contributed by atoms with van der Waals surface area (Å²) in [5.41, 5.74) is 4.43. The van der Waals surface area contributed by atoms with Gasteiger partial charge in [0.15, 0.2) is 0 Å². The SMILES string of the molecule is COc1cccc(-c2nc3ccccc3n2CCOc2ccc(C(C)C)cc2)c1. The van der Waals surface area contributed by atoms with E-state index in [2.05, 4.69) is 42.7 Å². The number of hydrogen-bond acceptors (Lipinski definition) is 3. The molecule has 0 saturated carbocycles. The van der Waals surface area contributed by atoms with Gasteiger partial charge in [-0.1, -0.05) is 50.2 Å². The summed E-state index contributed by atoms with van der Waals surface area (Å²) in [6, 6.07) is 24.6. The summed E-state index contributed by atoms with van der Waals surface area (Å²) < 4.78 is 13.6. The Balaban J connectivity index is 1.59. The molecule has 0 amide bonds. The van der Waals surface area contributed by atoms with E-state index in [-0.39, 0.29) is 0 Å². The van der Waals surface area contributed by atoms with Crippen LogP contribution in [-0.4, -0.2) is 23.3 Å². The van der Waals surface area contributed by atoms with Gasteiger partial charge in [-0.25, -0.2) is 4.98 Å². The van der Waals surface area contributed by atoms with Crippen molar-refractivity contribution in [3.05, 3.63) is 78.4 Å². The van der Waals surface area contributed by atoms with Crippen molar-refractivity contribution in [3.8, 4) is 22.9 Å². The Morgan fingerprint density at radius 3 is 2.45 bits per heavy atom. The Morgan fingerprint density at radius 1 is 0.897 bits per heavy atom. The molecule has 148 valence electrons. The van der Waals surface area contributed by atoms with Crippen LogP contribution >= 0.6 is 0 Å². The van der Waals surface area contributed by atoms with Gasteiger partial charge in [0.1, 0.15) is 23.9 Å². The average molecular weight is 386 g/mol. The summed E-state index contributed by atoms with van der Waals surface area (Å²) >= 11 is 0.